The summed E-state index contributed by atoms with van der Waals surface area (Å²) in [5, 5.41) is 12.6. The maximum Gasteiger partial charge on any atom is 0.275 e. The van der Waals surface area contributed by atoms with Crippen molar-refractivity contribution >= 4 is 11.8 Å². The third kappa shape index (κ3) is 3.53. The first-order valence-corrected chi connectivity index (χ1v) is 9.65. The molecule has 0 fully saturated rings. The number of carbonyl (C=O) groups is 2. The first-order valence-electron chi connectivity index (χ1n) is 9.65. The fourth-order valence-corrected chi connectivity index (χ4v) is 3.98. The summed E-state index contributed by atoms with van der Waals surface area (Å²) in [6.45, 7) is 0.982. The number of aromatic nitrogens is 1. The van der Waals surface area contributed by atoms with E-state index < -0.39 is 76.0 Å². The molecule has 1 aromatic carbocycles. The number of benzene rings is 1. The predicted molar refractivity (Wildman–Crippen MR) is 103 cm³/mol. The standard InChI is InChI=1S/C21H17F4N3O4/c1-9-2-10(22)3-12-7-27(9)21(32)17-19(30)18(29)14(8-28(12)17)20(31)26-6-13-15(24)4-11(23)5-16(13)25/h2,4-5,8-9,12,30H,3,6-7H2,1H3,(H,26,31). The number of halogens is 4. The second-order valence-electron chi connectivity index (χ2n) is 7.68. The highest BCUT2D eigenvalue weighted by Gasteiger charge is 2.39. The molecule has 2 atom stereocenters. The number of hydrogen-bond acceptors (Lipinski definition) is 4. The molecule has 32 heavy (non-hydrogen) atoms. The van der Waals surface area contributed by atoms with Crippen LogP contribution in [0.25, 0.3) is 0 Å². The van der Waals surface area contributed by atoms with Gasteiger partial charge in [0.2, 0.25) is 5.43 Å². The molecule has 168 valence electrons. The number of allylic oxidation sites excluding steroid dienone is 1. The molecule has 0 aliphatic carbocycles. The van der Waals surface area contributed by atoms with Gasteiger partial charge in [-0.3, -0.25) is 14.4 Å². The molecule has 0 saturated heterocycles. The summed E-state index contributed by atoms with van der Waals surface area (Å²) < 4.78 is 56.0. The Morgan fingerprint density at radius 2 is 1.84 bits per heavy atom. The Hall–Kier alpha value is -3.63. The molecule has 4 rings (SSSR count). The smallest absolute Gasteiger partial charge is 0.275 e. The average Bonchev–Trinajstić information content (AvgIpc) is 2.83. The summed E-state index contributed by atoms with van der Waals surface area (Å²) in [6.07, 6.45) is 2.16. The lowest BCUT2D eigenvalue weighted by Gasteiger charge is -2.36. The maximum atomic E-state index is 14.2. The van der Waals surface area contributed by atoms with Crippen LogP contribution in [0.4, 0.5) is 17.6 Å². The number of rotatable bonds is 3. The van der Waals surface area contributed by atoms with Crippen LogP contribution in [0, 0.1) is 17.5 Å². The number of hydrogen-bond donors (Lipinski definition) is 2. The Labute approximate surface area is 178 Å². The van der Waals surface area contributed by atoms with Crippen LogP contribution in [0.3, 0.4) is 0 Å². The van der Waals surface area contributed by atoms with Gasteiger partial charge in [-0.25, -0.2) is 17.6 Å². The van der Waals surface area contributed by atoms with Gasteiger partial charge in [0.05, 0.1) is 12.1 Å². The van der Waals surface area contributed by atoms with Crippen molar-refractivity contribution in [1.29, 1.82) is 0 Å². The Morgan fingerprint density at radius 1 is 1.19 bits per heavy atom. The fourth-order valence-electron chi connectivity index (χ4n) is 3.98. The molecule has 11 heteroatoms. The van der Waals surface area contributed by atoms with E-state index in [-0.39, 0.29) is 18.7 Å². The molecule has 1 aromatic heterocycles. The summed E-state index contributed by atoms with van der Waals surface area (Å²) in [6, 6.07) is -0.402. The van der Waals surface area contributed by atoms with Crippen molar-refractivity contribution in [3.8, 4) is 5.75 Å². The monoisotopic (exact) mass is 451 g/mol. The number of carbonyl (C=O) groups excluding carboxylic acids is 2. The van der Waals surface area contributed by atoms with Crippen molar-refractivity contribution in [1.82, 2.24) is 14.8 Å². The Bertz CT molecular complexity index is 1220. The van der Waals surface area contributed by atoms with E-state index in [1.807, 2.05) is 0 Å². The van der Waals surface area contributed by atoms with Crippen LogP contribution in [0.5, 0.6) is 5.75 Å². The molecule has 2 aliphatic heterocycles. The molecule has 2 aliphatic rings. The third-order valence-electron chi connectivity index (χ3n) is 5.60. The van der Waals surface area contributed by atoms with Gasteiger partial charge in [-0.2, -0.15) is 0 Å². The van der Waals surface area contributed by atoms with Gasteiger partial charge in [0.15, 0.2) is 11.4 Å². The van der Waals surface area contributed by atoms with Crippen molar-refractivity contribution in [2.45, 2.75) is 32.0 Å². The number of aromatic hydroxyl groups is 1. The molecule has 2 N–H and O–H groups in total. The predicted octanol–water partition coefficient (Wildman–Crippen LogP) is 2.54. The van der Waals surface area contributed by atoms with Gasteiger partial charge < -0.3 is 19.9 Å². The summed E-state index contributed by atoms with van der Waals surface area (Å²) in [5.74, 6) is -6.84. The zero-order chi connectivity index (χ0) is 23.3. The highest BCUT2D eigenvalue weighted by atomic mass is 19.1. The van der Waals surface area contributed by atoms with Gasteiger partial charge in [0.25, 0.3) is 11.8 Å². The Morgan fingerprint density at radius 3 is 2.50 bits per heavy atom. The minimum Gasteiger partial charge on any atom is -0.503 e. The second-order valence-corrected chi connectivity index (χ2v) is 7.68. The lowest BCUT2D eigenvalue weighted by Crippen LogP contribution is -2.47. The van der Waals surface area contributed by atoms with Crippen LogP contribution in [-0.4, -0.2) is 39.0 Å². The first kappa shape index (κ1) is 21.6. The van der Waals surface area contributed by atoms with Crippen molar-refractivity contribution in [2.75, 3.05) is 6.54 Å². The van der Waals surface area contributed by atoms with E-state index in [1.165, 1.54) is 15.5 Å². The van der Waals surface area contributed by atoms with Crippen molar-refractivity contribution in [2.24, 2.45) is 0 Å². The number of nitrogens with one attached hydrogen (secondary N) is 1. The lowest BCUT2D eigenvalue weighted by atomic mass is 10.1. The maximum absolute atomic E-state index is 14.2. The van der Waals surface area contributed by atoms with Crippen molar-refractivity contribution in [3.63, 3.8) is 0 Å². The number of amides is 2. The SMILES string of the molecule is CC1C=C(F)CC2CN1C(=O)c1c(O)c(=O)c(C(=O)NCc3c(F)cc(F)cc3F)cn12. The molecular formula is C21H17F4N3O4. The largest absolute Gasteiger partial charge is 0.503 e. The summed E-state index contributed by atoms with van der Waals surface area (Å²) >= 11 is 0. The number of pyridine rings is 1. The molecule has 2 amide bonds. The minimum absolute atomic E-state index is 0.0896. The van der Waals surface area contributed by atoms with Gasteiger partial charge in [-0.15, -0.1) is 0 Å². The zero-order valence-corrected chi connectivity index (χ0v) is 16.7. The summed E-state index contributed by atoms with van der Waals surface area (Å²) in [5.41, 5.74) is -2.76. The van der Waals surface area contributed by atoms with E-state index >= 15 is 0 Å². The second kappa shape index (κ2) is 7.81. The van der Waals surface area contributed by atoms with Crippen LogP contribution in [0.1, 0.15) is 45.8 Å². The van der Waals surface area contributed by atoms with Gasteiger partial charge in [0, 0.05) is 43.4 Å². The molecule has 2 aromatic rings. The van der Waals surface area contributed by atoms with E-state index in [2.05, 4.69) is 5.32 Å². The molecular weight excluding hydrogens is 434 g/mol. The zero-order valence-electron chi connectivity index (χ0n) is 16.7. The highest BCUT2D eigenvalue weighted by Crippen LogP contribution is 2.34. The van der Waals surface area contributed by atoms with Gasteiger partial charge >= 0.3 is 0 Å². The molecule has 2 unspecified atom stereocenters. The van der Waals surface area contributed by atoms with E-state index in [1.54, 1.807) is 6.92 Å². The summed E-state index contributed by atoms with van der Waals surface area (Å²) in [4.78, 5) is 39.3. The van der Waals surface area contributed by atoms with E-state index in [0.29, 0.717) is 12.1 Å². The molecule has 3 heterocycles. The molecule has 0 saturated carbocycles. The van der Waals surface area contributed by atoms with E-state index in [9.17, 15) is 37.1 Å². The topological polar surface area (TPSA) is 91.6 Å². The van der Waals surface area contributed by atoms with Gasteiger partial charge in [0.1, 0.15) is 28.8 Å². The number of nitrogens with zero attached hydrogens (tertiary/aromatic N) is 2. The molecule has 0 radical (unpaired) electrons. The van der Waals surface area contributed by atoms with E-state index in [0.717, 1.165) is 6.20 Å². The quantitative estimate of drug-likeness (QED) is 0.702. The van der Waals surface area contributed by atoms with Crippen LogP contribution in [0.15, 0.2) is 35.0 Å². The van der Waals surface area contributed by atoms with Crippen LogP contribution < -0.4 is 10.7 Å². The van der Waals surface area contributed by atoms with Crippen molar-refractivity contribution < 1.29 is 32.3 Å². The van der Waals surface area contributed by atoms with Crippen LogP contribution in [-0.2, 0) is 6.54 Å². The summed E-state index contributed by atoms with van der Waals surface area (Å²) in [7, 11) is 0. The normalized spacial score (nSPS) is 19.8. The Balaban J connectivity index is 1.70. The van der Waals surface area contributed by atoms with Crippen molar-refractivity contribution in [3.05, 3.63) is 74.7 Å². The number of fused-ring (bicyclic) bond motifs is 4. The van der Waals surface area contributed by atoms with E-state index in [4.69, 9.17) is 0 Å². The highest BCUT2D eigenvalue weighted by molar-refractivity contribution is 5.99. The van der Waals surface area contributed by atoms with Crippen LogP contribution >= 0.6 is 0 Å². The third-order valence-corrected chi connectivity index (χ3v) is 5.60. The lowest BCUT2D eigenvalue weighted by molar-refractivity contribution is 0.0629. The molecule has 2 bridgehead atoms. The van der Waals surface area contributed by atoms with Gasteiger partial charge in [-0.05, 0) is 13.0 Å². The fraction of sp³-hybridized carbons (Fsp3) is 0.286. The molecule has 7 nitrogen and oxygen atoms in total. The average molecular weight is 451 g/mol. The minimum atomic E-state index is -1.23. The van der Waals surface area contributed by atoms with Gasteiger partial charge in [-0.1, -0.05) is 0 Å². The first-order chi connectivity index (χ1) is 15.1. The van der Waals surface area contributed by atoms with Crippen LogP contribution in [0.2, 0.25) is 0 Å². The molecule has 0 spiro atoms. The Kier molecular flexibility index (Phi) is 5.27.